The molecule has 0 heterocycles. The fourth-order valence-electron chi connectivity index (χ4n) is 0.691. The van der Waals surface area contributed by atoms with Gasteiger partial charge >= 0.3 is 0 Å². The SMILES string of the molecule is CCSC/C=C/CC(C)(C)C. The van der Waals surface area contributed by atoms with Gasteiger partial charge in [-0.1, -0.05) is 39.8 Å². The molecule has 0 aromatic carbocycles. The van der Waals surface area contributed by atoms with Gasteiger partial charge in [0.2, 0.25) is 0 Å². The summed E-state index contributed by atoms with van der Waals surface area (Å²) >= 11 is 1.97. The van der Waals surface area contributed by atoms with Gasteiger partial charge in [-0.2, -0.15) is 11.8 Å². The van der Waals surface area contributed by atoms with Crippen LogP contribution in [-0.4, -0.2) is 11.5 Å². The molecule has 0 atom stereocenters. The molecule has 0 saturated carbocycles. The van der Waals surface area contributed by atoms with E-state index >= 15 is 0 Å². The summed E-state index contributed by atoms with van der Waals surface area (Å²) in [5, 5.41) is 0. The zero-order valence-electron chi connectivity index (χ0n) is 8.18. The third-order valence-electron chi connectivity index (χ3n) is 1.32. The summed E-state index contributed by atoms with van der Waals surface area (Å²) in [5.74, 6) is 2.40. The first-order valence-corrected chi connectivity index (χ1v) is 5.44. The van der Waals surface area contributed by atoms with E-state index in [0.29, 0.717) is 5.41 Å². The lowest BCUT2D eigenvalue weighted by molar-refractivity contribution is 0.420. The molecule has 0 aromatic rings. The molecule has 0 unspecified atom stereocenters. The van der Waals surface area contributed by atoms with E-state index in [1.807, 2.05) is 11.8 Å². The molecule has 0 radical (unpaired) electrons. The second-order valence-electron chi connectivity index (χ2n) is 3.90. The summed E-state index contributed by atoms with van der Waals surface area (Å²) in [7, 11) is 0. The molecule has 0 N–H and O–H groups in total. The lowest BCUT2D eigenvalue weighted by Gasteiger charge is -2.14. The van der Waals surface area contributed by atoms with Crippen LogP contribution < -0.4 is 0 Å². The molecular weight excluding hydrogens is 152 g/mol. The summed E-state index contributed by atoms with van der Waals surface area (Å²) in [6.07, 6.45) is 5.76. The Bertz CT molecular complexity index is 109. The Morgan fingerprint density at radius 2 is 1.82 bits per heavy atom. The minimum atomic E-state index is 0.452. The Hall–Kier alpha value is 0.0900. The number of thioether (sulfide) groups is 1. The zero-order chi connectivity index (χ0) is 8.74. The molecule has 0 aliphatic rings. The third kappa shape index (κ3) is 10.1. The molecule has 0 nitrogen and oxygen atoms in total. The van der Waals surface area contributed by atoms with Crippen LogP contribution in [0.2, 0.25) is 0 Å². The maximum atomic E-state index is 2.29. The average Bonchev–Trinajstić information content (AvgIpc) is 1.85. The average molecular weight is 172 g/mol. The van der Waals surface area contributed by atoms with Gasteiger partial charge in [0.25, 0.3) is 0 Å². The highest BCUT2D eigenvalue weighted by molar-refractivity contribution is 7.99. The van der Waals surface area contributed by atoms with Crippen LogP contribution in [-0.2, 0) is 0 Å². The van der Waals surface area contributed by atoms with Crippen molar-refractivity contribution in [1.29, 1.82) is 0 Å². The molecule has 0 bridgehead atoms. The van der Waals surface area contributed by atoms with Crippen molar-refractivity contribution in [3.8, 4) is 0 Å². The Balaban J connectivity index is 3.30. The number of rotatable bonds is 4. The van der Waals surface area contributed by atoms with Gasteiger partial charge in [0, 0.05) is 5.75 Å². The van der Waals surface area contributed by atoms with Crippen molar-refractivity contribution < 1.29 is 0 Å². The van der Waals surface area contributed by atoms with Crippen LogP contribution in [0.4, 0.5) is 0 Å². The molecule has 0 saturated heterocycles. The van der Waals surface area contributed by atoms with Crippen LogP contribution in [0.15, 0.2) is 12.2 Å². The van der Waals surface area contributed by atoms with Crippen molar-refractivity contribution in [3.05, 3.63) is 12.2 Å². The van der Waals surface area contributed by atoms with E-state index in [4.69, 9.17) is 0 Å². The highest BCUT2D eigenvalue weighted by Gasteiger charge is 2.05. The van der Waals surface area contributed by atoms with Crippen LogP contribution in [0, 0.1) is 5.41 Å². The molecule has 0 aliphatic heterocycles. The van der Waals surface area contributed by atoms with Gasteiger partial charge in [-0.05, 0) is 17.6 Å². The first-order valence-electron chi connectivity index (χ1n) is 4.29. The van der Waals surface area contributed by atoms with E-state index in [0.717, 1.165) is 0 Å². The zero-order valence-corrected chi connectivity index (χ0v) is 9.00. The molecule has 11 heavy (non-hydrogen) atoms. The number of hydrogen-bond acceptors (Lipinski definition) is 1. The van der Waals surface area contributed by atoms with E-state index in [2.05, 4.69) is 39.8 Å². The van der Waals surface area contributed by atoms with Crippen molar-refractivity contribution in [2.24, 2.45) is 5.41 Å². The first kappa shape index (κ1) is 11.1. The molecule has 0 rings (SSSR count). The topological polar surface area (TPSA) is 0 Å². The van der Waals surface area contributed by atoms with Gasteiger partial charge in [0.15, 0.2) is 0 Å². The highest BCUT2D eigenvalue weighted by atomic mass is 32.2. The molecular formula is C10H20S. The van der Waals surface area contributed by atoms with Crippen LogP contribution >= 0.6 is 11.8 Å². The van der Waals surface area contributed by atoms with Gasteiger partial charge < -0.3 is 0 Å². The smallest absolute Gasteiger partial charge is 0.0113 e. The quantitative estimate of drug-likeness (QED) is 0.460. The summed E-state index contributed by atoms with van der Waals surface area (Å²) in [6, 6.07) is 0. The molecule has 0 spiro atoms. The third-order valence-corrected chi connectivity index (χ3v) is 2.15. The second-order valence-corrected chi connectivity index (χ2v) is 5.21. The van der Waals surface area contributed by atoms with Crippen molar-refractivity contribution in [2.45, 2.75) is 34.1 Å². The van der Waals surface area contributed by atoms with E-state index in [9.17, 15) is 0 Å². The number of allylic oxidation sites excluding steroid dienone is 1. The van der Waals surface area contributed by atoms with E-state index in [1.165, 1.54) is 17.9 Å². The minimum absolute atomic E-state index is 0.452. The van der Waals surface area contributed by atoms with Crippen molar-refractivity contribution in [2.75, 3.05) is 11.5 Å². The molecule has 0 fully saturated rings. The van der Waals surface area contributed by atoms with Gasteiger partial charge in [-0.15, -0.1) is 0 Å². The molecule has 0 aromatic heterocycles. The maximum absolute atomic E-state index is 2.29. The monoisotopic (exact) mass is 172 g/mol. The Labute approximate surface area is 75.5 Å². The van der Waals surface area contributed by atoms with Crippen molar-refractivity contribution in [1.82, 2.24) is 0 Å². The highest BCUT2D eigenvalue weighted by Crippen LogP contribution is 2.18. The summed E-state index contributed by atoms with van der Waals surface area (Å²) in [5.41, 5.74) is 0.452. The fraction of sp³-hybridized carbons (Fsp3) is 0.800. The lowest BCUT2D eigenvalue weighted by atomic mass is 9.92. The maximum Gasteiger partial charge on any atom is 0.0113 e. The Kier molecular flexibility index (Phi) is 5.75. The van der Waals surface area contributed by atoms with Gasteiger partial charge in [0.05, 0.1) is 0 Å². The second kappa shape index (κ2) is 5.70. The lowest BCUT2D eigenvalue weighted by Crippen LogP contribution is -2.01. The predicted molar refractivity (Wildman–Crippen MR) is 56.2 cm³/mol. The largest absolute Gasteiger partial charge is 0.158 e. The number of hydrogen-bond donors (Lipinski definition) is 0. The first-order chi connectivity index (χ1) is 5.06. The Morgan fingerprint density at radius 3 is 2.27 bits per heavy atom. The standard InChI is InChI=1S/C10H20S/c1-5-11-9-7-6-8-10(2,3)4/h6-7H,5,8-9H2,1-4H3/b7-6+. The van der Waals surface area contributed by atoms with Crippen LogP contribution in [0.5, 0.6) is 0 Å². The van der Waals surface area contributed by atoms with E-state index < -0.39 is 0 Å². The van der Waals surface area contributed by atoms with E-state index in [1.54, 1.807) is 0 Å². The predicted octanol–water partition coefficient (Wildman–Crippen LogP) is 3.73. The fourth-order valence-corrected chi connectivity index (χ4v) is 1.20. The normalized spacial score (nSPS) is 12.7. The van der Waals surface area contributed by atoms with Crippen LogP contribution in [0.3, 0.4) is 0 Å². The van der Waals surface area contributed by atoms with Crippen molar-refractivity contribution in [3.63, 3.8) is 0 Å². The van der Waals surface area contributed by atoms with Crippen LogP contribution in [0.1, 0.15) is 34.1 Å². The van der Waals surface area contributed by atoms with Crippen LogP contribution in [0.25, 0.3) is 0 Å². The van der Waals surface area contributed by atoms with Gasteiger partial charge in [-0.3, -0.25) is 0 Å². The summed E-state index contributed by atoms with van der Waals surface area (Å²) in [4.78, 5) is 0. The molecule has 0 amide bonds. The molecule has 66 valence electrons. The molecule has 1 heteroatoms. The summed E-state index contributed by atoms with van der Waals surface area (Å²) in [6.45, 7) is 9.00. The van der Waals surface area contributed by atoms with Crippen molar-refractivity contribution >= 4 is 11.8 Å². The van der Waals surface area contributed by atoms with Gasteiger partial charge in [-0.25, -0.2) is 0 Å². The Morgan fingerprint density at radius 1 is 1.18 bits per heavy atom. The van der Waals surface area contributed by atoms with E-state index in [-0.39, 0.29) is 0 Å². The summed E-state index contributed by atoms with van der Waals surface area (Å²) < 4.78 is 0. The minimum Gasteiger partial charge on any atom is -0.158 e. The molecule has 0 aliphatic carbocycles. The van der Waals surface area contributed by atoms with Gasteiger partial charge in [0.1, 0.15) is 0 Å².